The maximum absolute atomic E-state index is 10.6. The van der Waals surface area contributed by atoms with Crippen LogP contribution in [0.25, 0.3) is 0 Å². The van der Waals surface area contributed by atoms with Crippen molar-refractivity contribution in [2.45, 2.75) is 50.8 Å². The molecule has 5 nitrogen and oxygen atoms in total. The summed E-state index contributed by atoms with van der Waals surface area (Å²) < 4.78 is 0. The van der Waals surface area contributed by atoms with Gasteiger partial charge in [0.05, 0.1) is 6.04 Å². The average Bonchev–Trinajstić information content (AvgIpc) is 2.30. The van der Waals surface area contributed by atoms with E-state index in [9.17, 15) is 14.7 Å². The fraction of sp³-hybridized carbons (Fsp3) is 0.818. The van der Waals surface area contributed by atoms with Gasteiger partial charge in [-0.3, -0.25) is 5.32 Å². The second-order valence-corrected chi connectivity index (χ2v) is 3.81. The van der Waals surface area contributed by atoms with Crippen molar-refractivity contribution >= 4 is 12.6 Å². The molecule has 0 aliphatic heterocycles. The summed E-state index contributed by atoms with van der Waals surface area (Å²) in [6.45, 7) is 0.666. The number of nitrogens with two attached hydrogens (primary N) is 1. The Labute approximate surface area is 96.4 Å². The minimum absolute atomic E-state index is 0.330. The second kappa shape index (κ2) is 10.7. The molecule has 0 saturated heterocycles. The summed E-state index contributed by atoms with van der Waals surface area (Å²) in [6.07, 6.45) is 5.00. The summed E-state index contributed by atoms with van der Waals surface area (Å²) in [6, 6.07) is -0.435. The number of rotatable bonds is 11. The third kappa shape index (κ3) is 8.52. The van der Waals surface area contributed by atoms with Crippen molar-refractivity contribution in [1.82, 2.24) is 5.32 Å². The van der Waals surface area contributed by atoms with Gasteiger partial charge >= 0.3 is 0 Å². The number of unbranched alkanes of at least 4 members (excludes halogenated alkanes) is 2. The lowest BCUT2D eigenvalue weighted by atomic mass is 10.1. The molecule has 0 bridgehead atoms. The van der Waals surface area contributed by atoms with Gasteiger partial charge in [-0.15, -0.1) is 0 Å². The minimum Gasteiger partial charge on any atom is -0.379 e. The van der Waals surface area contributed by atoms with Crippen LogP contribution in [-0.4, -0.2) is 36.5 Å². The average molecular weight is 230 g/mol. The first-order valence-electron chi connectivity index (χ1n) is 5.77. The van der Waals surface area contributed by atoms with Gasteiger partial charge in [-0.05, 0) is 32.2 Å². The monoisotopic (exact) mass is 230 g/mol. The molecule has 0 spiro atoms. The van der Waals surface area contributed by atoms with Gasteiger partial charge in [0.15, 0.2) is 0 Å². The van der Waals surface area contributed by atoms with E-state index in [0.29, 0.717) is 25.8 Å². The third-order valence-electron chi connectivity index (χ3n) is 2.35. The largest absolute Gasteiger partial charge is 0.379 e. The Balaban J connectivity index is 3.60. The van der Waals surface area contributed by atoms with Crippen LogP contribution in [0.4, 0.5) is 0 Å². The lowest BCUT2D eigenvalue weighted by Gasteiger charge is -2.17. The van der Waals surface area contributed by atoms with Gasteiger partial charge in [0.2, 0.25) is 0 Å². The van der Waals surface area contributed by atoms with Crippen LogP contribution in [-0.2, 0) is 9.59 Å². The standard InChI is InChI=1S/C11H22N2O3/c12-7-3-1-2-6-11(16)13-10(9-15)5-4-8-14/h8-11,13,16H,1-7,12H2/t10?,11-/m1/s1. The molecule has 4 N–H and O–H groups in total. The first kappa shape index (κ1) is 15.2. The van der Waals surface area contributed by atoms with E-state index in [1.165, 1.54) is 0 Å². The number of aliphatic hydroxyl groups excluding tert-OH is 1. The topological polar surface area (TPSA) is 92.4 Å². The van der Waals surface area contributed by atoms with Crippen molar-refractivity contribution in [2.75, 3.05) is 6.54 Å². The molecule has 0 radical (unpaired) electrons. The molecule has 5 heteroatoms. The predicted molar refractivity (Wildman–Crippen MR) is 61.8 cm³/mol. The van der Waals surface area contributed by atoms with Gasteiger partial charge in [0.1, 0.15) is 18.8 Å². The van der Waals surface area contributed by atoms with Gasteiger partial charge in [-0.2, -0.15) is 0 Å². The maximum atomic E-state index is 10.6. The first-order chi connectivity index (χ1) is 7.74. The summed E-state index contributed by atoms with van der Waals surface area (Å²) in [5.41, 5.74) is 5.35. The second-order valence-electron chi connectivity index (χ2n) is 3.81. The summed E-state index contributed by atoms with van der Waals surface area (Å²) in [5, 5.41) is 12.3. The van der Waals surface area contributed by atoms with Crippen molar-refractivity contribution in [3.05, 3.63) is 0 Å². The molecule has 0 saturated carbocycles. The number of carbonyl (C=O) groups is 2. The molecular weight excluding hydrogens is 208 g/mol. The molecule has 0 fully saturated rings. The van der Waals surface area contributed by atoms with Gasteiger partial charge in [-0.1, -0.05) is 6.42 Å². The lowest BCUT2D eigenvalue weighted by Crippen LogP contribution is -2.39. The van der Waals surface area contributed by atoms with E-state index in [-0.39, 0.29) is 0 Å². The molecule has 0 amide bonds. The summed E-state index contributed by atoms with van der Waals surface area (Å²) in [5.74, 6) is 0. The Bertz CT molecular complexity index is 188. The van der Waals surface area contributed by atoms with Crippen molar-refractivity contribution in [3.63, 3.8) is 0 Å². The SMILES string of the molecule is NCCCCC[C@@H](O)NC(C=O)CCC=O. The minimum atomic E-state index is -0.681. The van der Waals surface area contributed by atoms with E-state index in [1.54, 1.807) is 0 Å². The Kier molecular flexibility index (Phi) is 10.2. The molecule has 0 aliphatic rings. The highest BCUT2D eigenvalue weighted by Gasteiger charge is 2.11. The Morgan fingerprint density at radius 3 is 2.50 bits per heavy atom. The number of aldehydes is 2. The normalized spacial score (nSPS) is 14.4. The fourth-order valence-corrected chi connectivity index (χ4v) is 1.43. The van der Waals surface area contributed by atoms with E-state index >= 15 is 0 Å². The molecule has 0 aromatic heterocycles. The molecule has 0 rings (SSSR count). The van der Waals surface area contributed by atoms with Crippen LogP contribution < -0.4 is 11.1 Å². The molecule has 0 aromatic rings. The molecule has 0 heterocycles. The molecule has 0 aromatic carbocycles. The zero-order chi connectivity index (χ0) is 12.2. The van der Waals surface area contributed by atoms with Crippen LogP contribution in [0.2, 0.25) is 0 Å². The predicted octanol–water partition coefficient (Wildman–Crippen LogP) is -0.0399. The number of hydrogen-bond donors (Lipinski definition) is 3. The van der Waals surface area contributed by atoms with E-state index < -0.39 is 12.3 Å². The molecular formula is C11H22N2O3. The number of aliphatic hydroxyl groups is 1. The fourth-order valence-electron chi connectivity index (χ4n) is 1.43. The highest BCUT2D eigenvalue weighted by molar-refractivity contribution is 5.59. The van der Waals surface area contributed by atoms with E-state index in [0.717, 1.165) is 31.8 Å². The molecule has 0 aliphatic carbocycles. The molecule has 1 unspecified atom stereocenters. The molecule has 94 valence electrons. The number of nitrogens with one attached hydrogen (secondary N) is 1. The zero-order valence-corrected chi connectivity index (χ0v) is 9.60. The number of hydrogen-bond acceptors (Lipinski definition) is 5. The number of carbonyl (C=O) groups excluding carboxylic acids is 2. The van der Waals surface area contributed by atoms with Crippen molar-refractivity contribution in [1.29, 1.82) is 0 Å². The van der Waals surface area contributed by atoms with Crippen LogP contribution in [0.5, 0.6) is 0 Å². The summed E-state index contributed by atoms with van der Waals surface area (Å²) in [7, 11) is 0. The van der Waals surface area contributed by atoms with Crippen molar-refractivity contribution < 1.29 is 14.7 Å². The van der Waals surface area contributed by atoms with Gasteiger partial charge < -0.3 is 20.4 Å². The summed E-state index contributed by atoms with van der Waals surface area (Å²) >= 11 is 0. The Hall–Kier alpha value is -0.780. The van der Waals surface area contributed by atoms with Crippen molar-refractivity contribution in [3.8, 4) is 0 Å². The van der Waals surface area contributed by atoms with E-state index in [4.69, 9.17) is 5.73 Å². The molecule has 16 heavy (non-hydrogen) atoms. The van der Waals surface area contributed by atoms with E-state index in [2.05, 4.69) is 5.32 Å². The molecule has 2 atom stereocenters. The van der Waals surface area contributed by atoms with Crippen LogP contribution in [0.15, 0.2) is 0 Å². The quantitative estimate of drug-likeness (QED) is 0.263. The highest BCUT2D eigenvalue weighted by atomic mass is 16.3. The van der Waals surface area contributed by atoms with E-state index in [1.807, 2.05) is 0 Å². The lowest BCUT2D eigenvalue weighted by molar-refractivity contribution is -0.111. The first-order valence-corrected chi connectivity index (χ1v) is 5.77. The smallest absolute Gasteiger partial charge is 0.136 e. The van der Waals surface area contributed by atoms with Crippen LogP contribution in [0.1, 0.15) is 38.5 Å². The van der Waals surface area contributed by atoms with Gasteiger partial charge in [0.25, 0.3) is 0 Å². The van der Waals surface area contributed by atoms with Crippen LogP contribution >= 0.6 is 0 Å². The highest BCUT2D eigenvalue weighted by Crippen LogP contribution is 2.03. The zero-order valence-electron chi connectivity index (χ0n) is 9.60. The Morgan fingerprint density at radius 1 is 1.19 bits per heavy atom. The van der Waals surface area contributed by atoms with Gasteiger partial charge in [-0.25, -0.2) is 0 Å². The maximum Gasteiger partial charge on any atom is 0.136 e. The van der Waals surface area contributed by atoms with Crippen LogP contribution in [0.3, 0.4) is 0 Å². The van der Waals surface area contributed by atoms with Crippen LogP contribution in [0, 0.1) is 0 Å². The van der Waals surface area contributed by atoms with Crippen molar-refractivity contribution in [2.24, 2.45) is 5.73 Å². The third-order valence-corrected chi connectivity index (χ3v) is 2.35. The Morgan fingerprint density at radius 2 is 1.94 bits per heavy atom. The van der Waals surface area contributed by atoms with Gasteiger partial charge in [0, 0.05) is 6.42 Å². The summed E-state index contributed by atoms with van der Waals surface area (Å²) in [4.78, 5) is 20.8.